The number of sulfonamides is 1. The van der Waals surface area contributed by atoms with E-state index < -0.39 is 27.8 Å². The van der Waals surface area contributed by atoms with E-state index >= 15 is 8.42 Å². The minimum Gasteiger partial charge on any atom is -0.460 e. The maximum absolute atomic E-state index is 15.6. The fourth-order valence-electron chi connectivity index (χ4n) is 10.4. The molecule has 6 atom stereocenters. The van der Waals surface area contributed by atoms with Gasteiger partial charge in [-0.3, -0.25) is 4.98 Å². The van der Waals surface area contributed by atoms with Gasteiger partial charge in [0.15, 0.2) is 0 Å². The fourth-order valence-corrected chi connectivity index (χ4v) is 12.3. The number of aryl methyl sites for hydroxylation is 2. The molecule has 5 aromatic rings. The summed E-state index contributed by atoms with van der Waals surface area (Å²) in [5.74, 6) is -0.450. The van der Waals surface area contributed by atoms with E-state index in [4.69, 9.17) is 24.2 Å². The largest absolute Gasteiger partial charge is 0.460 e. The SMILES string of the molecule is C=CCOC12Oc3ccc(Oc4ccc(C)c(C)c4)cc3C3C(CCCCO)C(CCCCO)C=C(C(=NOCc4ccccc4)CC1N(CCC)S(=O)(=O)c1cccc4cccnc14)C32. The van der Waals surface area contributed by atoms with Crippen LogP contribution >= 0.6 is 0 Å². The van der Waals surface area contributed by atoms with Crippen LogP contribution in [-0.2, 0) is 26.2 Å². The molecule has 6 unspecified atom stereocenters. The Bertz CT molecular complexity index is 2650. The fraction of sp³-hybridized carbons (Fsp3) is 0.407. The van der Waals surface area contributed by atoms with Gasteiger partial charge in [0.25, 0.3) is 0 Å². The number of ether oxygens (including phenoxy) is 3. The molecule has 1 aromatic heterocycles. The Morgan fingerprint density at radius 2 is 1.67 bits per heavy atom. The number of benzene rings is 4. The highest BCUT2D eigenvalue weighted by Gasteiger charge is 2.66. The minimum atomic E-state index is -4.30. The number of fused-ring (bicyclic) bond motifs is 3. The lowest BCUT2D eigenvalue weighted by Crippen LogP contribution is -2.70. The molecule has 11 nitrogen and oxygen atoms in total. The molecule has 1 fully saturated rings. The van der Waals surface area contributed by atoms with Gasteiger partial charge in [0.2, 0.25) is 15.8 Å². The monoisotopic (exact) mass is 913 g/mol. The zero-order valence-corrected chi connectivity index (χ0v) is 39.2. The second-order valence-corrected chi connectivity index (χ2v) is 19.7. The lowest BCUT2D eigenvalue weighted by molar-refractivity contribution is -0.251. The number of aromatic nitrogens is 1. The number of allylic oxidation sites excluding steroid dienone is 1. The van der Waals surface area contributed by atoms with E-state index in [0.717, 1.165) is 53.7 Å². The molecule has 8 rings (SSSR count). The molecule has 4 aromatic carbocycles. The van der Waals surface area contributed by atoms with Gasteiger partial charge in [-0.15, -0.1) is 6.58 Å². The van der Waals surface area contributed by atoms with E-state index in [1.807, 2.05) is 73.7 Å². The molecule has 1 aliphatic heterocycles. The maximum atomic E-state index is 15.6. The number of hydrogen-bond donors (Lipinski definition) is 2. The van der Waals surface area contributed by atoms with Crippen LogP contribution in [0.15, 0.2) is 138 Å². The number of pyridine rings is 1. The number of aliphatic hydroxyl groups excluding tert-OH is 2. The molecule has 0 saturated heterocycles. The van der Waals surface area contributed by atoms with Crippen LogP contribution in [-0.4, -0.2) is 71.8 Å². The minimum absolute atomic E-state index is 0.000968. The highest BCUT2D eigenvalue weighted by Crippen LogP contribution is 2.62. The Kier molecular flexibility index (Phi) is 15.0. The summed E-state index contributed by atoms with van der Waals surface area (Å²) in [6.45, 7) is 10.8. The molecular formula is C54H63N3O8S. The number of nitrogens with zero attached hydrogens (tertiary/aromatic N) is 3. The van der Waals surface area contributed by atoms with Crippen molar-refractivity contribution < 1.29 is 37.7 Å². The van der Waals surface area contributed by atoms with Crippen molar-refractivity contribution in [2.45, 2.75) is 101 Å². The third-order valence-corrected chi connectivity index (χ3v) is 15.5. The Hall–Kier alpha value is -5.37. The lowest BCUT2D eigenvalue weighted by Gasteiger charge is -2.59. The molecule has 2 aliphatic carbocycles. The topological polar surface area (TPSA) is 140 Å². The number of oxime groups is 1. The summed E-state index contributed by atoms with van der Waals surface area (Å²) in [6, 6.07) is 29.8. The van der Waals surface area contributed by atoms with Crippen molar-refractivity contribution in [3.05, 3.63) is 150 Å². The smallest absolute Gasteiger partial charge is 0.245 e. The van der Waals surface area contributed by atoms with E-state index in [1.165, 1.54) is 5.56 Å². The van der Waals surface area contributed by atoms with Crippen LogP contribution < -0.4 is 9.47 Å². The number of hydrogen-bond acceptors (Lipinski definition) is 10. The van der Waals surface area contributed by atoms with E-state index in [-0.39, 0.29) is 62.0 Å². The van der Waals surface area contributed by atoms with Crippen molar-refractivity contribution in [2.24, 2.45) is 22.9 Å². The molecule has 2 N–H and O–H groups in total. The first-order chi connectivity index (χ1) is 32.1. The summed E-state index contributed by atoms with van der Waals surface area (Å²) in [5.41, 5.74) is 6.08. The first-order valence-electron chi connectivity index (χ1n) is 23.5. The second kappa shape index (κ2) is 21.1. The van der Waals surface area contributed by atoms with Crippen molar-refractivity contribution in [3.63, 3.8) is 0 Å². The molecule has 1 saturated carbocycles. The van der Waals surface area contributed by atoms with Crippen LogP contribution in [0.25, 0.3) is 10.9 Å². The van der Waals surface area contributed by atoms with Crippen LogP contribution in [0, 0.1) is 31.6 Å². The molecule has 12 heteroatoms. The van der Waals surface area contributed by atoms with Crippen molar-refractivity contribution in [2.75, 3.05) is 26.4 Å². The average Bonchev–Trinajstić information content (AvgIpc) is 3.33. The number of unbranched alkanes of at least 4 members (excludes halogenated alkanes) is 2. The maximum Gasteiger partial charge on any atom is 0.245 e. The molecule has 2 heterocycles. The van der Waals surface area contributed by atoms with Gasteiger partial charge < -0.3 is 29.3 Å². The zero-order valence-electron chi connectivity index (χ0n) is 38.3. The Labute approximate surface area is 389 Å². The van der Waals surface area contributed by atoms with E-state index in [1.54, 1.807) is 34.8 Å². The van der Waals surface area contributed by atoms with Gasteiger partial charge in [-0.2, -0.15) is 4.31 Å². The van der Waals surface area contributed by atoms with Gasteiger partial charge in [0.1, 0.15) is 28.8 Å². The third-order valence-electron chi connectivity index (χ3n) is 13.6. The number of para-hydroxylation sites is 1. The summed E-state index contributed by atoms with van der Waals surface area (Å²) in [7, 11) is -4.30. The predicted octanol–water partition coefficient (Wildman–Crippen LogP) is 10.6. The molecule has 3 aliphatic rings. The van der Waals surface area contributed by atoms with Gasteiger partial charge in [0.05, 0.1) is 29.8 Å². The van der Waals surface area contributed by atoms with Crippen molar-refractivity contribution >= 4 is 26.6 Å². The molecule has 66 heavy (non-hydrogen) atoms. The Morgan fingerprint density at radius 3 is 2.42 bits per heavy atom. The van der Waals surface area contributed by atoms with Crippen molar-refractivity contribution in [1.82, 2.24) is 9.29 Å². The van der Waals surface area contributed by atoms with Crippen LogP contribution in [0.3, 0.4) is 0 Å². The quantitative estimate of drug-likeness (QED) is 0.0418. The molecule has 0 amide bonds. The lowest BCUT2D eigenvalue weighted by atomic mass is 9.55. The van der Waals surface area contributed by atoms with E-state index in [2.05, 4.69) is 43.6 Å². The van der Waals surface area contributed by atoms with Crippen LogP contribution in [0.4, 0.5) is 0 Å². The summed E-state index contributed by atoms with van der Waals surface area (Å²) < 4.78 is 54.0. The summed E-state index contributed by atoms with van der Waals surface area (Å²) in [6.07, 6.45) is 10.7. The van der Waals surface area contributed by atoms with Gasteiger partial charge in [-0.1, -0.05) is 91.7 Å². The van der Waals surface area contributed by atoms with Gasteiger partial charge >= 0.3 is 0 Å². The first kappa shape index (κ1) is 47.1. The highest BCUT2D eigenvalue weighted by molar-refractivity contribution is 7.89. The second-order valence-electron chi connectivity index (χ2n) is 17.8. The van der Waals surface area contributed by atoms with Gasteiger partial charge in [-0.25, -0.2) is 8.42 Å². The average molecular weight is 914 g/mol. The summed E-state index contributed by atoms with van der Waals surface area (Å²) in [5, 5.41) is 25.7. The molecule has 0 radical (unpaired) electrons. The van der Waals surface area contributed by atoms with Crippen LogP contribution in [0.2, 0.25) is 0 Å². The van der Waals surface area contributed by atoms with Crippen LogP contribution in [0.5, 0.6) is 17.2 Å². The molecular weight excluding hydrogens is 851 g/mol. The summed E-state index contributed by atoms with van der Waals surface area (Å²) >= 11 is 0. The van der Waals surface area contributed by atoms with Crippen molar-refractivity contribution in [1.29, 1.82) is 0 Å². The van der Waals surface area contributed by atoms with Gasteiger partial charge in [0, 0.05) is 49.2 Å². The van der Waals surface area contributed by atoms with Crippen LogP contribution in [0.1, 0.15) is 86.5 Å². The zero-order chi connectivity index (χ0) is 46.3. The number of aliphatic hydroxyl groups is 2. The molecule has 348 valence electrons. The summed E-state index contributed by atoms with van der Waals surface area (Å²) in [4.78, 5) is 11.0. The highest BCUT2D eigenvalue weighted by atomic mass is 32.2. The number of rotatable bonds is 21. The Morgan fingerprint density at radius 1 is 0.909 bits per heavy atom. The predicted molar refractivity (Wildman–Crippen MR) is 258 cm³/mol. The normalized spacial score (nSPS) is 22.9. The molecule has 0 spiro atoms. The van der Waals surface area contributed by atoms with E-state index in [9.17, 15) is 10.2 Å². The van der Waals surface area contributed by atoms with E-state index in [0.29, 0.717) is 47.4 Å². The molecule has 0 bridgehead atoms. The van der Waals surface area contributed by atoms with Crippen molar-refractivity contribution in [3.8, 4) is 17.2 Å². The standard InChI is InChI=1S/C54H63N3O8S/c1-5-28-57(66(60,61)49-22-14-19-40-20-15-27-55-53(40)49)50-35-47(56-63-36-39-16-8-7-9-17-39)45-33-41(18-10-12-29-58)44(21-11-13-30-59)51-46-34-43(64-42-24-23-37(3)38(4)32-42)25-26-48(46)65-54(50,52(45)51)62-31-6-2/h6-9,14-17,19-20,22-27,32-34,41,44,50-52,58-59H,2,5,10-13,18,21,28-31,35-36H2,1,3-4H3. The third kappa shape index (κ3) is 9.57. The van der Waals surface area contributed by atoms with Gasteiger partial charge in [-0.05, 0) is 123 Å². The first-order valence-corrected chi connectivity index (χ1v) is 24.9. The Balaban J connectivity index is 1.37.